The highest BCUT2D eigenvalue weighted by molar-refractivity contribution is 6.30. The molecule has 0 aromatic rings. The minimum absolute atomic E-state index is 0.309. The van der Waals surface area contributed by atoms with Crippen LogP contribution in [0, 0.1) is 0 Å². The van der Waals surface area contributed by atoms with Crippen molar-refractivity contribution >= 4 is 23.2 Å². The van der Waals surface area contributed by atoms with Crippen LogP contribution in [0.25, 0.3) is 0 Å². The van der Waals surface area contributed by atoms with E-state index in [4.69, 9.17) is 23.2 Å². The van der Waals surface area contributed by atoms with E-state index in [1.165, 1.54) is 11.5 Å². The third kappa shape index (κ3) is 7.02. The zero-order valence-corrected chi connectivity index (χ0v) is 9.10. The zero-order valence-electron chi connectivity index (χ0n) is 7.59. The van der Waals surface area contributed by atoms with Crippen LogP contribution in [0.5, 0.6) is 0 Å². The number of ether oxygens (including phenoxy) is 1. The summed E-state index contributed by atoms with van der Waals surface area (Å²) in [5.74, 6) is 0. The molecule has 96 valence electrons. The quantitative estimate of drug-likeness (QED) is 0.411. The summed E-state index contributed by atoms with van der Waals surface area (Å²) in [6.45, 7) is 0. The molecule has 0 aliphatic rings. The Balaban J connectivity index is 4.65. The zero-order chi connectivity index (χ0) is 13.7. The molecule has 0 bridgehead atoms. The van der Waals surface area contributed by atoms with Crippen LogP contribution in [0.3, 0.4) is 0 Å². The van der Waals surface area contributed by atoms with Crippen molar-refractivity contribution in [2.75, 3.05) is 0 Å². The smallest absolute Gasteiger partial charge is 0.434 e. The summed E-state index contributed by atoms with van der Waals surface area (Å²) < 4.78 is 74.5. The highest BCUT2D eigenvalue weighted by Gasteiger charge is 2.33. The molecule has 0 spiro atoms. The van der Waals surface area contributed by atoms with Crippen molar-refractivity contribution < 1.29 is 31.1 Å². The van der Waals surface area contributed by atoms with Gasteiger partial charge in [0.15, 0.2) is 10.1 Å². The first-order valence-electron chi connectivity index (χ1n) is 3.56. The van der Waals surface area contributed by atoms with Gasteiger partial charge in [0.2, 0.25) is 0 Å². The van der Waals surface area contributed by atoms with Gasteiger partial charge >= 0.3 is 12.4 Å². The average Bonchev–Trinajstić information content (AvgIpc) is 2.13. The Labute approximate surface area is 101 Å². The standard InChI is InChI=1S/C8H2Cl2F6O/c9-5(7(11,12)13)1-3-17-4-2-6(10)8(14,15)16/h3-4H. The second-order valence-electron chi connectivity index (χ2n) is 2.28. The summed E-state index contributed by atoms with van der Waals surface area (Å²) in [7, 11) is 0. The van der Waals surface area contributed by atoms with Crippen molar-refractivity contribution in [2.24, 2.45) is 0 Å². The number of halogens is 8. The highest BCUT2D eigenvalue weighted by Crippen LogP contribution is 2.28. The highest BCUT2D eigenvalue weighted by atomic mass is 35.5. The molecule has 17 heavy (non-hydrogen) atoms. The lowest BCUT2D eigenvalue weighted by atomic mass is 10.6. The summed E-state index contributed by atoms with van der Waals surface area (Å²) in [4.78, 5) is 0. The maximum absolute atomic E-state index is 11.7. The van der Waals surface area contributed by atoms with Gasteiger partial charge in [-0.15, -0.1) is 0 Å². The van der Waals surface area contributed by atoms with Gasteiger partial charge in [-0.2, -0.15) is 26.3 Å². The van der Waals surface area contributed by atoms with E-state index in [0.29, 0.717) is 12.5 Å². The van der Waals surface area contributed by atoms with Gasteiger partial charge in [-0.1, -0.05) is 34.7 Å². The van der Waals surface area contributed by atoms with Gasteiger partial charge in [-0.25, -0.2) is 0 Å². The molecule has 0 fully saturated rings. The largest absolute Gasteiger partial charge is 0.456 e. The second kappa shape index (κ2) is 6.07. The molecular formula is C8H2Cl2F6O. The number of alkyl halides is 6. The average molecular weight is 299 g/mol. The molecule has 0 aliphatic carbocycles. The van der Waals surface area contributed by atoms with Crippen LogP contribution in [0.4, 0.5) is 26.3 Å². The third-order valence-corrected chi connectivity index (χ3v) is 1.65. The molecular weight excluding hydrogens is 297 g/mol. The molecule has 0 aromatic carbocycles. The van der Waals surface area contributed by atoms with Crippen molar-refractivity contribution in [1.29, 1.82) is 0 Å². The molecule has 0 saturated heterocycles. The van der Waals surface area contributed by atoms with Gasteiger partial charge in [0.25, 0.3) is 0 Å². The van der Waals surface area contributed by atoms with Crippen molar-refractivity contribution in [2.45, 2.75) is 12.4 Å². The van der Waals surface area contributed by atoms with Crippen LogP contribution in [-0.2, 0) is 4.74 Å². The lowest BCUT2D eigenvalue weighted by Gasteiger charge is -1.99. The van der Waals surface area contributed by atoms with E-state index in [9.17, 15) is 26.3 Å². The maximum Gasteiger partial charge on any atom is 0.434 e. The van der Waals surface area contributed by atoms with Gasteiger partial charge in [0.05, 0.1) is 0 Å². The van der Waals surface area contributed by atoms with Crippen molar-refractivity contribution in [3.05, 3.63) is 34.1 Å². The first-order valence-corrected chi connectivity index (χ1v) is 4.32. The predicted molar refractivity (Wildman–Crippen MR) is 48.1 cm³/mol. The fraction of sp³-hybridized carbons (Fsp3) is 0.250. The summed E-state index contributed by atoms with van der Waals surface area (Å²) in [5, 5.41) is -3.23. The fourth-order valence-corrected chi connectivity index (χ4v) is 0.458. The van der Waals surface area contributed by atoms with Crippen LogP contribution in [0.15, 0.2) is 34.1 Å². The second-order valence-corrected chi connectivity index (χ2v) is 3.04. The monoisotopic (exact) mass is 298 g/mol. The lowest BCUT2D eigenvalue weighted by Crippen LogP contribution is -2.05. The number of hydrogen-bond donors (Lipinski definition) is 0. The minimum Gasteiger partial charge on any atom is -0.456 e. The minimum atomic E-state index is -4.80. The van der Waals surface area contributed by atoms with E-state index in [-0.39, 0.29) is 0 Å². The van der Waals surface area contributed by atoms with Gasteiger partial charge in [0.1, 0.15) is 12.5 Å². The van der Waals surface area contributed by atoms with Crippen LogP contribution < -0.4 is 0 Å². The maximum atomic E-state index is 11.7. The first kappa shape index (κ1) is 16.0. The third-order valence-electron chi connectivity index (χ3n) is 1.01. The number of allylic oxidation sites excluding steroid dienone is 2. The molecule has 0 atom stereocenters. The lowest BCUT2D eigenvalue weighted by molar-refractivity contribution is -0.0852. The molecule has 0 amide bonds. The van der Waals surface area contributed by atoms with Crippen molar-refractivity contribution in [3.8, 4) is 0 Å². The van der Waals surface area contributed by atoms with E-state index in [2.05, 4.69) is 4.74 Å². The molecule has 0 aromatic heterocycles. The first-order chi connectivity index (χ1) is 7.55. The summed E-state index contributed by atoms with van der Waals surface area (Å²) in [6.07, 6.45) is -8.98. The van der Waals surface area contributed by atoms with Gasteiger partial charge < -0.3 is 4.74 Å². The predicted octanol–water partition coefficient (Wildman–Crippen LogP) is 4.60. The summed E-state index contributed by atoms with van der Waals surface area (Å²) in [6, 6.07) is 0. The van der Waals surface area contributed by atoms with Crippen LogP contribution in [0.2, 0.25) is 0 Å². The van der Waals surface area contributed by atoms with Crippen molar-refractivity contribution in [3.63, 3.8) is 0 Å². The summed E-state index contributed by atoms with van der Waals surface area (Å²) in [5.41, 5.74) is 2.88. The Hall–Kier alpha value is -1.00. The van der Waals surface area contributed by atoms with E-state index < -0.39 is 22.4 Å². The molecule has 0 rings (SSSR count). The Morgan fingerprint density at radius 2 is 1.12 bits per heavy atom. The molecule has 0 aliphatic heterocycles. The molecule has 0 saturated carbocycles. The Morgan fingerprint density at radius 1 is 0.824 bits per heavy atom. The normalized spacial score (nSPS) is 11.1. The Bertz CT molecular complexity index is 355. The van der Waals surface area contributed by atoms with E-state index in [1.807, 2.05) is 0 Å². The molecule has 0 radical (unpaired) electrons. The fourth-order valence-electron chi connectivity index (χ4n) is 0.369. The van der Waals surface area contributed by atoms with Crippen LogP contribution in [0.1, 0.15) is 0 Å². The summed E-state index contributed by atoms with van der Waals surface area (Å²) >= 11 is 9.39. The molecule has 0 unspecified atom stereocenters. The van der Waals surface area contributed by atoms with Crippen molar-refractivity contribution in [1.82, 2.24) is 0 Å². The van der Waals surface area contributed by atoms with Crippen LogP contribution >= 0.6 is 23.2 Å². The number of rotatable bonds is 2. The Morgan fingerprint density at radius 3 is 1.35 bits per heavy atom. The van der Waals surface area contributed by atoms with Crippen LogP contribution in [-0.4, -0.2) is 12.4 Å². The molecule has 0 N–H and O–H groups in total. The van der Waals surface area contributed by atoms with Gasteiger partial charge in [-0.05, 0) is 0 Å². The molecule has 0 heterocycles. The molecule has 9 heteroatoms. The topological polar surface area (TPSA) is 9.23 Å². The van der Waals surface area contributed by atoms with E-state index in [1.54, 1.807) is 0 Å². The van der Waals surface area contributed by atoms with Gasteiger partial charge in [0, 0.05) is 0 Å². The van der Waals surface area contributed by atoms with E-state index >= 15 is 0 Å². The SMILES string of the molecule is FC(F)(F)C(Cl)=C=COC=C=C(Cl)C(F)(F)F. The molecule has 1 nitrogen and oxygen atoms in total. The van der Waals surface area contributed by atoms with E-state index in [0.717, 1.165) is 0 Å². The van der Waals surface area contributed by atoms with Gasteiger partial charge in [-0.3, -0.25) is 0 Å². The Kier molecular flexibility index (Phi) is 5.72. The number of hydrogen-bond acceptors (Lipinski definition) is 1.